The third-order valence-electron chi connectivity index (χ3n) is 2.50. The van der Waals surface area contributed by atoms with Crippen molar-refractivity contribution in [3.63, 3.8) is 0 Å². The maximum atomic E-state index is 13.8. The van der Waals surface area contributed by atoms with Gasteiger partial charge < -0.3 is 15.1 Å². The van der Waals surface area contributed by atoms with Gasteiger partial charge in [0.25, 0.3) is 0 Å². The van der Waals surface area contributed by atoms with Gasteiger partial charge in [0.1, 0.15) is 12.4 Å². The molecule has 0 heterocycles. The fourth-order valence-electron chi connectivity index (χ4n) is 1.61. The fourth-order valence-corrected chi connectivity index (χ4v) is 1.61. The highest BCUT2D eigenvalue weighted by Crippen LogP contribution is 2.12. The number of hydrogen-bond donors (Lipinski definition) is 2. The molecule has 1 aromatic rings. The molecule has 0 aliphatic heterocycles. The van der Waals surface area contributed by atoms with Gasteiger partial charge in [-0.2, -0.15) is 0 Å². The average Bonchev–Trinajstić information content (AvgIpc) is 2.36. The Hall–Kier alpha value is -1.41. The molecule has 0 amide bonds. The van der Waals surface area contributed by atoms with Gasteiger partial charge in [-0.1, -0.05) is 17.9 Å². The smallest absolute Gasteiger partial charge is 0.128 e. The highest BCUT2D eigenvalue weighted by Gasteiger charge is 2.06. The minimum atomic E-state index is -0.296. The molecule has 0 spiro atoms. The van der Waals surface area contributed by atoms with Crippen LogP contribution in [0.2, 0.25) is 0 Å². The topological polar surface area (TPSA) is 43.7 Å². The zero-order valence-electron chi connectivity index (χ0n) is 10.5. The van der Waals surface area contributed by atoms with Crippen LogP contribution in [0.25, 0.3) is 0 Å². The molecule has 98 valence electrons. The van der Waals surface area contributed by atoms with E-state index in [1.807, 2.05) is 11.9 Å². The third kappa shape index (κ3) is 4.84. The maximum Gasteiger partial charge on any atom is 0.128 e. The van der Waals surface area contributed by atoms with E-state index >= 15 is 0 Å². The predicted octanol–water partition coefficient (Wildman–Crippen LogP) is 0.984. The molecule has 0 radical (unpaired) electrons. The van der Waals surface area contributed by atoms with Crippen LogP contribution in [0, 0.1) is 17.7 Å². The number of nitrogens with zero attached hydrogens (tertiary/aromatic N) is 1. The van der Waals surface area contributed by atoms with Crippen LogP contribution in [0.15, 0.2) is 18.2 Å². The number of benzene rings is 1. The standard InChI is InChI=1S/C14H18FNO2/c1-16(7-3-9-18)11-13-6-5-12(4-2-8-17)10-14(13)15/h5-6,10,17-18H,3,7-9,11H2,1H3. The van der Waals surface area contributed by atoms with Crippen molar-refractivity contribution in [1.82, 2.24) is 4.90 Å². The van der Waals surface area contributed by atoms with Crippen molar-refractivity contribution in [2.75, 3.05) is 26.8 Å². The summed E-state index contributed by atoms with van der Waals surface area (Å²) in [5.41, 5.74) is 1.16. The molecular formula is C14H18FNO2. The molecule has 0 fully saturated rings. The maximum absolute atomic E-state index is 13.8. The molecule has 0 aliphatic rings. The SMILES string of the molecule is CN(CCCO)Cc1ccc(C#CCO)cc1F. The summed E-state index contributed by atoms with van der Waals surface area (Å²) in [4.78, 5) is 1.95. The van der Waals surface area contributed by atoms with E-state index < -0.39 is 0 Å². The highest BCUT2D eigenvalue weighted by atomic mass is 19.1. The van der Waals surface area contributed by atoms with E-state index in [0.717, 1.165) is 6.54 Å². The zero-order valence-corrected chi connectivity index (χ0v) is 10.5. The Kier molecular flexibility index (Phi) is 6.37. The molecule has 4 heteroatoms. The van der Waals surface area contributed by atoms with Crippen molar-refractivity contribution in [3.05, 3.63) is 35.1 Å². The van der Waals surface area contributed by atoms with Gasteiger partial charge in [0.2, 0.25) is 0 Å². The lowest BCUT2D eigenvalue weighted by Crippen LogP contribution is -2.20. The van der Waals surface area contributed by atoms with Crippen molar-refractivity contribution in [3.8, 4) is 11.8 Å². The van der Waals surface area contributed by atoms with Gasteiger partial charge in [0.15, 0.2) is 0 Å². The average molecular weight is 251 g/mol. The summed E-state index contributed by atoms with van der Waals surface area (Å²) in [6.45, 7) is 1.14. The number of rotatable bonds is 5. The third-order valence-corrected chi connectivity index (χ3v) is 2.50. The molecule has 0 aromatic heterocycles. The number of halogens is 1. The summed E-state index contributed by atoms with van der Waals surface area (Å²) in [7, 11) is 1.88. The monoisotopic (exact) mass is 251 g/mol. The Morgan fingerprint density at radius 1 is 1.33 bits per heavy atom. The lowest BCUT2D eigenvalue weighted by Gasteiger charge is -2.16. The Bertz CT molecular complexity index is 437. The first-order chi connectivity index (χ1) is 8.67. The van der Waals surface area contributed by atoms with E-state index in [0.29, 0.717) is 24.1 Å². The first kappa shape index (κ1) is 14.7. The normalized spacial score (nSPS) is 10.3. The van der Waals surface area contributed by atoms with Crippen LogP contribution in [-0.4, -0.2) is 41.9 Å². The van der Waals surface area contributed by atoms with Crippen molar-refractivity contribution in [2.45, 2.75) is 13.0 Å². The minimum Gasteiger partial charge on any atom is -0.396 e. The fraction of sp³-hybridized carbons (Fsp3) is 0.429. The summed E-state index contributed by atoms with van der Waals surface area (Å²) in [5.74, 6) is 4.85. The second-order valence-corrected chi connectivity index (χ2v) is 4.08. The van der Waals surface area contributed by atoms with Crippen LogP contribution in [-0.2, 0) is 6.54 Å². The molecule has 3 nitrogen and oxygen atoms in total. The molecule has 0 atom stereocenters. The van der Waals surface area contributed by atoms with Crippen LogP contribution in [0.3, 0.4) is 0 Å². The molecule has 18 heavy (non-hydrogen) atoms. The highest BCUT2D eigenvalue weighted by molar-refractivity contribution is 5.37. The Labute approximate surface area is 107 Å². The predicted molar refractivity (Wildman–Crippen MR) is 68.4 cm³/mol. The Balaban J connectivity index is 2.67. The second-order valence-electron chi connectivity index (χ2n) is 4.08. The molecule has 0 aliphatic carbocycles. The van der Waals surface area contributed by atoms with Crippen molar-refractivity contribution in [1.29, 1.82) is 0 Å². The lowest BCUT2D eigenvalue weighted by molar-refractivity contribution is 0.243. The van der Waals surface area contributed by atoms with E-state index in [2.05, 4.69) is 11.8 Å². The Morgan fingerprint density at radius 2 is 2.11 bits per heavy atom. The van der Waals surface area contributed by atoms with Crippen molar-refractivity contribution in [2.24, 2.45) is 0 Å². The van der Waals surface area contributed by atoms with Gasteiger partial charge in [0, 0.05) is 30.8 Å². The van der Waals surface area contributed by atoms with E-state index in [4.69, 9.17) is 10.2 Å². The lowest BCUT2D eigenvalue weighted by atomic mass is 10.1. The van der Waals surface area contributed by atoms with Gasteiger partial charge in [-0.25, -0.2) is 4.39 Å². The van der Waals surface area contributed by atoms with Gasteiger partial charge in [-0.15, -0.1) is 0 Å². The summed E-state index contributed by atoms with van der Waals surface area (Å²) in [6, 6.07) is 4.81. The molecule has 0 bridgehead atoms. The largest absolute Gasteiger partial charge is 0.396 e. The Morgan fingerprint density at radius 3 is 2.72 bits per heavy atom. The number of aliphatic hydroxyl groups excluding tert-OH is 2. The van der Waals surface area contributed by atoms with Crippen LogP contribution in [0.5, 0.6) is 0 Å². The second kappa shape index (κ2) is 7.83. The van der Waals surface area contributed by atoms with Gasteiger partial charge in [-0.05, 0) is 25.6 Å². The molecular weight excluding hydrogens is 233 g/mol. The van der Waals surface area contributed by atoms with E-state index in [-0.39, 0.29) is 19.0 Å². The molecule has 1 aromatic carbocycles. The van der Waals surface area contributed by atoms with E-state index in [1.54, 1.807) is 12.1 Å². The van der Waals surface area contributed by atoms with Crippen LogP contribution < -0.4 is 0 Å². The molecule has 0 saturated carbocycles. The van der Waals surface area contributed by atoms with Gasteiger partial charge >= 0.3 is 0 Å². The summed E-state index contributed by atoms with van der Waals surface area (Å²) >= 11 is 0. The minimum absolute atomic E-state index is 0.141. The molecule has 1 rings (SSSR count). The zero-order chi connectivity index (χ0) is 13.4. The van der Waals surface area contributed by atoms with Crippen LogP contribution in [0.1, 0.15) is 17.5 Å². The summed E-state index contributed by atoms with van der Waals surface area (Å²) in [6.07, 6.45) is 0.679. The number of aliphatic hydroxyl groups is 2. The van der Waals surface area contributed by atoms with Crippen LogP contribution >= 0.6 is 0 Å². The quantitative estimate of drug-likeness (QED) is 0.767. The van der Waals surface area contributed by atoms with Crippen LogP contribution in [0.4, 0.5) is 4.39 Å². The van der Waals surface area contributed by atoms with Gasteiger partial charge in [0.05, 0.1) is 0 Å². The molecule has 0 saturated heterocycles. The first-order valence-electron chi connectivity index (χ1n) is 5.85. The first-order valence-corrected chi connectivity index (χ1v) is 5.85. The summed E-state index contributed by atoms with van der Waals surface area (Å²) < 4.78 is 13.8. The molecule has 0 unspecified atom stereocenters. The van der Waals surface area contributed by atoms with Gasteiger partial charge in [-0.3, -0.25) is 0 Å². The molecule has 2 N–H and O–H groups in total. The van der Waals surface area contributed by atoms with E-state index in [1.165, 1.54) is 6.07 Å². The number of hydrogen-bond acceptors (Lipinski definition) is 3. The van der Waals surface area contributed by atoms with Crippen molar-refractivity contribution < 1.29 is 14.6 Å². The van der Waals surface area contributed by atoms with E-state index in [9.17, 15) is 4.39 Å². The van der Waals surface area contributed by atoms with Crippen molar-refractivity contribution >= 4 is 0 Å². The summed E-state index contributed by atoms with van der Waals surface area (Å²) in [5, 5.41) is 17.3.